The summed E-state index contributed by atoms with van der Waals surface area (Å²) >= 11 is 0. The molecule has 0 heterocycles. The summed E-state index contributed by atoms with van der Waals surface area (Å²) in [5.41, 5.74) is 1.99. The summed E-state index contributed by atoms with van der Waals surface area (Å²) in [5, 5.41) is 10.5. The highest BCUT2D eigenvalue weighted by Gasteiger charge is 2.25. The molecule has 3 heteroatoms. The van der Waals surface area contributed by atoms with Gasteiger partial charge in [-0.1, -0.05) is 50.7 Å². The summed E-state index contributed by atoms with van der Waals surface area (Å²) < 4.78 is 12.7. The normalized spacial score (nSPS) is 22.6. The van der Waals surface area contributed by atoms with Gasteiger partial charge in [0.15, 0.2) is 0 Å². The summed E-state index contributed by atoms with van der Waals surface area (Å²) in [6, 6.07) is 5.78. The van der Waals surface area contributed by atoms with Crippen molar-refractivity contribution in [3.63, 3.8) is 0 Å². The molecule has 2 aliphatic carbocycles. The Morgan fingerprint density at radius 1 is 0.800 bits per heavy atom. The lowest BCUT2D eigenvalue weighted by molar-refractivity contribution is -0.0346. The zero-order chi connectivity index (χ0) is 17.6. The highest BCUT2D eigenvalue weighted by molar-refractivity contribution is 5.42. The first-order chi connectivity index (χ1) is 12.1. The van der Waals surface area contributed by atoms with E-state index >= 15 is 0 Å². The van der Waals surface area contributed by atoms with E-state index in [4.69, 9.17) is 9.47 Å². The van der Waals surface area contributed by atoms with Gasteiger partial charge in [-0.3, -0.25) is 0 Å². The number of phenols is 1. The lowest BCUT2D eigenvalue weighted by Gasteiger charge is -2.30. The molecule has 3 nitrogen and oxygen atoms in total. The number of benzene rings is 1. The number of aromatic hydroxyl groups is 1. The standard InChI is InChI=1S/C22H34O3/c1-16(24-18-10-5-3-6-11-18)20-14-9-15-21(23)22(20)17(2)25-19-12-7-4-8-13-19/h9,14-19,23H,3-8,10-13H2,1-2H3. The van der Waals surface area contributed by atoms with Gasteiger partial charge in [-0.25, -0.2) is 0 Å². The van der Waals surface area contributed by atoms with Crippen LogP contribution in [0.15, 0.2) is 18.2 Å². The van der Waals surface area contributed by atoms with Crippen LogP contribution in [0, 0.1) is 0 Å². The molecule has 0 saturated heterocycles. The fourth-order valence-electron chi connectivity index (χ4n) is 4.49. The average molecular weight is 347 g/mol. The fraction of sp³-hybridized carbons (Fsp3) is 0.727. The predicted molar refractivity (Wildman–Crippen MR) is 101 cm³/mol. The third-order valence-electron chi connectivity index (χ3n) is 5.86. The first-order valence-corrected chi connectivity index (χ1v) is 10.3. The van der Waals surface area contributed by atoms with Crippen LogP contribution < -0.4 is 0 Å². The van der Waals surface area contributed by atoms with Crippen molar-refractivity contribution in [3.05, 3.63) is 29.3 Å². The van der Waals surface area contributed by atoms with Gasteiger partial charge in [0.2, 0.25) is 0 Å². The summed E-state index contributed by atoms with van der Waals surface area (Å²) in [5.74, 6) is 0.333. The minimum Gasteiger partial charge on any atom is -0.508 e. The topological polar surface area (TPSA) is 38.7 Å². The van der Waals surface area contributed by atoms with Crippen LogP contribution in [0.4, 0.5) is 0 Å². The van der Waals surface area contributed by atoms with Gasteiger partial charge in [-0.05, 0) is 51.2 Å². The van der Waals surface area contributed by atoms with Crippen LogP contribution in [0.2, 0.25) is 0 Å². The quantitative estimate of drug-likeness (QED) is 0.665. The van der Waals surface area contributed by atoms with E-state index in [1.807, 2.05) is 6.07 Å². The smallest absolute Gasteiger partial charge is 0.121 e. The molecule has 1 N–H and O–H groups in total. The third-order valence-corrected chi connectivity index (χ3v) is 5.86. The molecule has 2 unspecified atom stereocenters. The van der Waals surface area contributed by atoms with Gasteiger partial charge >= 0.3 is 0 Å². The first-order valence-electron chi connectivity index (χ1n) is 10.3. The molecule has 2 fully saturated rings. The number of hydrogen-bond donors (Lipinski definition) is 1. The van der Waals surface area contributed by atoms with Crippen molar-refractivity contribution >= 4 is 0 Å². The van der Waals surface area contributed by atoms with Gasteiger partial charge in [0, 0.05) is 5.56 Å². The second-order valence-electron chi connectivity index (χ2n) is 7.86. The fourth-order valence-corrected chi connectivity index (χ4v) is 4.49. The van der Waals surface area contributed by atoms with Crippen LogP contribution in [0.3, 0.4) is 0 Å². The molecule has 1 aromatic rings. The van der Waals surface area contributed by atoms with E-state index < -0.39 is 0 Å². The second kappa shape index (κ2) is 9.05. The maximum atomic E-state index is 10.5. The second-order valence-corrected chi connectivity index (χ2v) is 7.86. The molecule has 0 spiro atoms. The number of rotatable bonds is 6. The molecule has 2 aliphatic rings. The molecule has 0 bridgehead atoms. The maximum absolute atomic E-state index is 10.5. The van der Waals surface area contributed by atoms with Gasteiger partial charge < -0.3 is 14.6 Å². The van der Waals surface area contributed by atoms with Crippen LogP contribution in [-0.2, 0) is 9.47 Å². The Labute approximate surface area is 152 Å². The SMILES string of the molecule is CC(OC1CCCCC1)c1cccc(O)c1C(C)OC1CCCCC1. The van der Waals surface area contributed by atoms with Gasteiger partial charge in [-0.2, -0.15) is 0 Å². The Morgan fingerprint density at radius 3 is 1.88 bits per heavy atom. The number of phenolic OH excluding ortho intramolecular Hbond substituents is 1. The minimum atomic E-state index is -0.100. The molecule has 0 radical (unpaired) electrons. The molecule has 0 aromatic heterocycles. The molecule has 25 heavy (non-hydrogen) atoms. The zero-order valence-electron chi connectivity index (χ0n) is 15.9. The maximum Gasteiger partial charge on any atom is 0.121 e. The van der Waals surface area contributed by atoms with Gasteiger partial charge in [0.25, 0.3) is 0 Å². The lowest BCUT2D eigenvalue weighted by atomic mass is 9.94. The molecular weight excluding hydrogens is 312 g/mol. The molecule has 2 saturated carbocycles. The van der Waals surface area contributed by atoms with E-state index in [1.54, 1.807) is 6.07 Å². The monoisotopic (exact) mass is 346 g/mol. The molecule has 1 aromatic carbocycles. The minimum absolute atomic E-state index is 0.0115. The highest BCUT2D eigenvalue weighted by atomic mass is 16.5. The molecule has 3 rings (SSSR count). The van der Waals surface area contributed by atoms with Crippen molar-refractivity contribution in [2.24, 2.45) is 0 Å². The Balaban J connectivity index is 1.71. The van der Waals surface area contributed by atoms with E-state index in [2.05, 4.69) is 19.9 Å². The van der Waals surface area contributed by atoms with Crippen LogP contribution in [0.25, 0.3) is 0 Å². The molecule has 140 valence electrons. The summed E-state index contributed by atoms with van der Waals surface area (Å²) in [6.45, 7) is 4.18. The van der Waals surface area contributed by atoms with E-state index in [-0.39, 0.29) is 12.2 Å². The average Bonchev–Trinajstić information content (AvgIpc) is 2.63. The number of ether oxygens (including phenoxy) is 2. The van der Waals surface area contributed by atoms with Crippen molar-refractivity contribution in [3.8, 4) is 5.75 Å². The number of hydrogen-bond acceptors (Lipinski definition) is 3. The van der Waals surface area contributed by atoms with E-state index in [0.717, 1.165) is 36.8 Å². The highest BCUT2D eigenvalue weighted by Crippen LogP contribution is 2.38. The first kappa shape index (κ1) is 18.7. The van der Waals surface area contributed by atoms with E-state index in [9.17, 15) is 5.11 Å². The van der Waals surface area contributed by atoms with Crippen molar-refractivity contribution in [1.82, 2.24) is 0 Å². The third kappa shape index (κ3) is 4.98. The summed E-state index contributed by atoms with van der Waals surface area (Å²) in [7, 11) is 0. The Bertz CT molecular complexity index is 530. The molecular formula is C22H34O3. The zero-order valence-corrected chi connectivity index (χ0v) is 15.9. The van der Waals surface area contributed by atoms with Crippen molar-refractivity contribution < 1.29 is 14.6 Å². The van der Waals surface area contributed by atoms with Crippen LogP contribution in [0.1, 0.15) is 101 Å². The van der Waals surface area contributed by atoms with Crippen molar-refractivity contribution in [1.29, 1.82) is 0 Å². The Kier molecular flexibility index (Phi) is 6.77. The molecule has 0 aliphatic heterocycles. The van der Waals surface area contributed by atoms with Crippen LogP contribution in [0.5, 0.6) is 5.75 Å². The Morgan fingerprint density at radius 2 is 1.32 bits per heavy atom. The van der Waals surface area contributed by atoms with Crippen molar-refractivity contribution in [2.75, 3.05) is 0 Å². The van der Waals surface area contributed by atoms with E-state index in [1.165, 1.54) is 38.5 Å². The lowest BCUT2D eigenvalue weighted by Crippen LogP contribution is -2.21. The van der Waals surface area contributed by atoms with Gasteiger partial charge in [0.05, 0.1) is 24.4 Å². The summed E-state index contributed by atoms with van der Waals surface area (Å²) in [4.78, 5) is 0. The largest absolute Gasteiger partial charge is 0.508 e. The van der Waals surface area contributed by atoms with Crippen LogP contribution in [-0.4, -0.2) is 17.3 Å². The van der Waals surface area contributed by atoms with Crippen LogP contribution >= 0.6 is 0 Å². The molecule has 0 amide bonds. The predicted octanol–water partition coefficient (Wildman–Crippen LogP) is 6.21. The Hall–Kier alpha value is -1.06. The molecule has 2 atom stereocenters. The summed E-state index contributed by atoms with van der Waals surface area (Å²) in [6.07, 6.45) is 12.9. The van der Waals surface area contributed by atoms with Crippen molar-refractivity contribution in [2.45, 2.75) is 102 Å². The van der Waals surface area contributed by atoms with E-state index in [0.29, 0.717) is 18.0 Å². The van der Waals surface area contributed by atoms with Gasteiger partial charge in [0.1, 0.15) is 5.75 Å². The van der Waals surface area contributed by atoms with Gasteiger partial charge in [-0.15, -0.1) is 0 Å².